The Kier molecular flexibility index (Phi) is 4.13. The Balaban J connectivity index is 1.66. The van der Waals surface area contributed by atoms with E-state index in [1.165, 1.54) is 16.3 Å². The van der Waals surface area contributed by atoms with E-state index in [1.54, 1.807) is 0 Å². The lowest BCUT2D eigenvalue weighted by atomic mass is 9.82. The molecule has 3 N–H and O–H groups in total. The van der Waals surface area contributed by atoms with Crippen molar-refractivity contribution in [2.24, 2.45) is 5.41 Å². The Morgan fingerprint density at radius 2 is 1.81 bits per heavy atom. The molecule has 3 nitrogen and oxygen atoms in total. The Hall–Kier alpha value is -1.58. The van der Waals surface area contributed by atoms with E-state index in [9.17, 15) is 0 Å². The predicted octanol–water partition coefficient (Wildman–Crippen LogP) is 3.33. The molecule has 0 saturated carbocycles. The van der Waals surface area contributed by atoms with Gasteiger partial charge in [-0.25, -0.2) is 0 Å². The highest BCUT2D eigenvalue weighted by atomic mass is 16.5. The van der Waals surface area contributed by atoms with Crippen LogP contribution in [0, 0.1) is 5.41 Å². The smallest absolute Gasteiger partial charge is 0.0471 e. The number of anilines is 1. The summed E-state index contributed by atoms with van der Waals surface area (Å²) in [5, 5.41) is 6.04. The summed E-state index contributed by atoms with van der Waals surface area (Å²) in [5.74, 6) is 0. The minimum atomic E-state index is 0.351. The van der Waals surface area contributed by atoms with Crippen molar-refractivity contribution in [3.8, 4) is 0 Å². The van der Waals surface area contributed by atoms with Gasteiger partial charge in [0.1, 0.15) is 0 Å². The summed E-state index contributed by atoms with van der Waals surface area (Å²) in [6.45, 7) is 5.95. The number of benzene rings is 2. The van der Waals surface area contributed by atoms with Crippen molar-refractivity contribution in [1.82, 2.24) is 5.32 Å². The van der Waals surface area contributed by atoms with Crippen LogP contribution in [0.15, 0.2) is 36.4 Å². The molecule has 0 amide bonds. The molecule has 1 heterocycles. The molecule has 2 aromatic rings. The zero-order valence-electron chi connectivity index (χ0n) is 12.7. The first kappa shape index (κ1) is 14.4. The molecule has 1 fully saturated rings. The molecule has 0 spiro atoms. The molecule has 1 saturated heterocycles. The average Bonchev–Trinajstić information content (AvgIpc) is 2.48. The molecule has 0 atom stereocenters. The standard InChI is InChI=1S/C18H24N2O/c1-18(6-8-21-9-7-18)13-20-12-16-10-14-4-2-3-5-15(14)11-17(16)19/h2-5,10-11,20H,6-9,12-13,19H2,1H3. The number of nitrogens with one attached hydrogen (secondary N) is 1. The maximum absolute atomic E-state index is 6.18. The van der Waals surface area contributed by atoms with E-state index in [-0.39, 0.29) is 0 Å². The van der Waals surface area contributed by atoms with Gasteiger partial charge in [0.2, 0.25) is 0 Å². The van der Waals surface area contributed by atoms with Crippen LogP contribution >= 0.6 is 0 Å². The minimum Gasteiger partial charge on any atom is -0.398 e. The summed E-state index contributed by atoms with van der Waals surface area (Å²) in [6.07, 6.45) is 2.26. The van der Waals surface area contributed by atoms with Gasteiger partial charge in [0.05, 0.1) is 0 Å². The maximum Gasteiger partial charge on any atom is 0.0471 e. The second kappa shape index (κ2) is 6.04. The second-order valence-electron chi connectivity index (χ2n) is 6.42. The van der Waals surface area contributed by atoms with Gasteiger partial charge in [0.25, 0.3) is 0 Å². The van der Waals surface area contributed by atoms with Crippen molar-refractivity contribution in [2.75, 3.05) is 25.5 Å². The SMILES string of the molecule is CC1(CNCc2cc3ccccc3cc2N)CCOCC1. The number of hydrogen-bond acceptors (Lipinski definition) is 3. The lowest BCUT2D eigenvalue weighted by Gasteiger charge is -2.33. The third-order valence-corrected chi connectivity index (χ3v) is 4.57. The normalized spacial score (nSPS) is 18.0. The summed E-state index contributed by atoms with van der Waals surface area (Å²) >= 11 is 0. The third kappa shape index (κ3) is 3.36. The summed E-state index contributed by atoms with van der Waals surface area (Å²) in [5.41, 5.74) is 8.59. The van der Waals surface area contributed by atoms with E-state index in [1.807, 2.05) is 6.07 Å². The molecule has 1 aliphatic heterocycles. The monoisotopic (exact) mass is 284 g/mol. The molecule has 3 heteroatoms. The van der Waals surface area contributed by atoms with E-state index in [0.717, 1.165) is 44.8 Å². The molecule has 3 rings (SSSR count). The molecule has 2 aromatic carbocycles. The Labute approximate surface area is 126 Å². The molecule has 1 aliphatic rings. The molecule has 0 radical (unpaired) electrons. The molecule has 112 valence electrons. The van der Waals surface area contributed by atoms with Crippen LogP contribution in [0.3, 0.4) is 0 Å². The third-order valence-electron chi connectivity index (χ3n) is 4.57. The van der Waals surface area contributed by atoms with Crippen LogP contribution < -0.4 is 11.1 Å². The first-order valence-electron chi connectivity index (χ1n) is 7.72. The summed E-state index contributed by atoms with van der Waals surface area (Å²) in [7, 11) is 0. The minimum absolute atomic E-state index is 0.351. The topological polar surface area (TPSA) is 47.3 Å². The van der Waals surface area contributed by atoms with Crippen molar-refractivity contribution in [2.45, 2.75) is 26.3 Å². The molecule has 0 unspecified atom stereocenters. The Bertz CT molecular complexity index is 618. The lowest BCUT2D eigenvalue weighted by Crippen LogP contribution is -2.36. The van der Waals surface area contributed by atoms with Crippen molar-refractivity contribution in [3.05, 3.63) is 42.0 Å². The van der Waals surface area contributed by atoms with Gasteiger partial charge in [0.15, 0.2) is 0 Å². The summed E-state index contributed by atoms with van der Waals surface area (Å²) in [4.78, 5) is 0. The zero-order valence-corrected chi connectivity index (χ0v) is 12.7. The van der Waals surface area contributed by atoms with Gasteiger partial charge in [-0.3, -0.25) is 0 Å². The van der Waals surface area contributed by atoms with E-state index in [4.69, 9.17) is 10.5 Å². The van der Waals surface area contributed by atoms with Crippen molar-refractivity contribution in [3.63, 3.8) is 0 Å². The molecular formula is C18H24N2O. The quantitative estimate of drug-likeness (QED) is 0.847. The van der Waals surface area contributed by atoms with Gasteiger partial charge in [0, 0.05) is 32.0 Å². The number of ether oxygens (including phenoxy) is 1. The summed E-state index contributed by atoms with van der Waals surface area (Å²) < 4.78 is 5.45. The van der Waals surface area contributed by atoms with Gasteiger partial charge < -0.3 is 15.8 Å². The van der Waals surface area contributed by atoms with E-state index in [0.29, 0.717) is 5.41 Å². The lowest BCUT2D eigenvalue weighted by molar-refractivity contribution is 0.0240. The second-order valence-corrected chi connectivity index (χ2v) is 6.42. The highest BCUT2D eigenvalue weighted by molar-refractivity contribution is 5.86. The van der Waals surface area contributed by atoms with Crippen LogP contribution in [0.25, 0.3) is 10.8 Å². The molecule has 21 heavy (non-hydrogen) atoms. The van der Waals surface area contributed by atoms with Crippen molar-refractivity contribution in [1.29, 1.82) is 0 Å². The molecule has 0 bridgehead atoms. The van der Waals surface area contributed by atoms with Gasteiger partial charge >= 0.3 is 0 Å². The molecule has 0 aromatic heterocycles. The average molecular weight is 284 g/mol. The zero-order chi connectivity index (χ0) is 14.7. The Morgan fingerprint density at radius 3 is 2.52 bits per heavy atom. The number of fused-ring (bicyclic) bond motifs is 1. The number of nitrogens with two attached hydrogens (primary N) is 1. The van der Waals surface area contributed by atoms with Crippen LogP contribution in [0.1, 0.15) is 25.3 Å². The molecule has 0 aliphatic carbocycles. The first-order chi connectivity index (χ1) is 10.2. The predicted molar refractivity (Wildman–Crippen MR) is 88.2 cm³/mol. The fourth-order valence-corrected chi connectivity index (χ4v) is 3.00. The van der Waals surface area contributed by atoms with Crippen LogP contribution in [0.5, 0.6) is 0 Å². The summed E-state index contributed by atoms with van der Waals surface area (Å²) in [6, 6.07) is 12.6. The van der Waals surface area contributed by atoms with Gasteiger partial charge in [-0.1, -0.05) is 31.2 Å². The Morgan fingerprint density at radius 1 is 1.14 bits per heavy atom. The fraction of sp³-hybridized carbons (Fsp3) is 0.444. The van der Waals surface area contributed by atoms with Crippen LogP contribution in [0.2, 0.25) is 0 Å². The number of rotatable bonds is 4. The van der Waals surface area contributed by atoms with E-state index < -0.39 is 0 Å². The van der Waals surface area contributed by atoms with Crippen molar-refractivity contribution >= 4 is 16.5 Å². The van der Waals surface area contributed by atoms with E-state index >= 15 is 0 Å². The highest BCUT2D eigenvalue weighted by Crippen LogP contribution is 2.29. The number of hydrogen-bond donors (Lipinski definition) is 2. The van der Waals surface area contributed by atoms with Crippen LogP contribution in [-0.2, 0) is 11.3 Å². The van der Waals surface area contributed by atoms with E-state index in [2.05, 4.69) is 42.6 Å². The fourth-order valence-electron chi connectivity index (χ4n) is 3.00. The van der Waals surface area contributed by atoms with Crippen LogP contribution in [0.4, 0.5) is 5.69 Å². The maximum atomic E-state index is 6.18. The molecular weight excluding hydrogens is 260 g/mol. The van der Waals surface area contributed by atoms with Crippen LogP contribution in [-0.4, -0.2) is 19.8 Å². The van der Waals surface area contributed by atoms with Crippen molar-refractivity contribution < 1.29 is 4.74 Å². The van der Waals surface area contributed by atoms with Gasteiger partial charge in [-0.2, -0.15) is 0 Å². The van der Waals surface area contributed by atoms with Gasteiger partial charge in [-0.15, -0.1) is 0 Å². The number of nitrogen functional groups attached to an aromatic ring is 1. The first-order valence-corrected chi connectivity index (χ1v) is 7.72. The highest BCUT2D eigenvalue weighted by Gasteiger charge is 2.26. The largest absolute Gasteiger partial charge is 0.398 e. The van der Waals surface area contributed by atoms with Gasteiger partial charge in [-0.05, 0) is 46.7 Å².